The molecule has 1 N–H and O–H groups in total. The minimum absolute atomic E-state index is 0.0329. The average Bonchev–Trinajstić information content (AvgIpc) is 2.65. The number of anilines is 1. The lowest BCUT2D eigenvalue weighted by molar-refractivity contribution is -0.118. The molecule has 0 saturated heterocycles. The molecule has 0 atom stereocenters. The highest BCUT2D eigenvalue weighted by Crippen LogP contribution is 2.20. The van der Waals surface area contributed by atoms with Gasteiger partial charge in [0.2, 0.25) is 0 Å². The van der Waals surface area contributed by atoms with Crippen molar-refractivity contribution < 1.29 is 14.3 Å². The number of aryl methyl sites for hydroxylation is 1. The van der Waals surface area contributed by atoms with E-state index in [1.54, 1.807) is 0 Å². The van der Waals surface area contributed by atoms with Crippen LogP contribution < -0.4 is 14.8 Å². The average molecular weight is 355 g/mol. The third-order valence-electron chi connectivity index (χ3n) is 4.11. The van der Waals surface area contributed by atoms with Crippen molar-refractivity contribution in [2.24, 2.45) is 0 Å². The molecule has 2 rings (SSSR count). The van der Waals surface area contributed by atoms with Crippen molar-refractivity contribution in [1.82, 2.24) is 0 Å². The number of nitrogens with one attached hydrogen (secondary N) is 1. The molecular weight excluding hydrogens is 326 g/mol. The van der Waals surface area contributed by atoms with E-state index in [1.165, 1.54) is 25.7 Å². The van der Waals surface area contributed by atoms with Gasteiger partial charge in [-0.15, -0.1) is 0 Å². The highest BCUT2D eigenvalue weighted by Gasteiger charge is 2.06. The maximum absolute atomic E-state index is 12.1. The molecule has 0 aliphatic carbocycles. The molecule has 4 heteroatoms. The Morgan fingerprint density at radius 3 is 2.42 bits per heavy atom. The van der Waals surface area contributed by atoms with Gasteiger partial charge in [0, 0.05) is 11.8 Å². The van der Waals surface area contributed by atoms with Crippen LogP contribution in [0.2, 0.25) is 0 Å². The van der Waals surface area contributed by atoms with Gasteiger partial charge in [0.15, 0.2) is 6.61 Å². The van der Waals surface area contributed by atoms with Gasteiger partial charge in [-0.05, 0) is 37.1 Å². The molecule has 0 aromatic heterocycles. The molecule has 0 radical (unpaired) electrons. The normalized spacial score (nSPS) is 10.4. The summed E-state index contributed by atoms with van der Waals surface area (Å²) in [4.78, 5) is 12.1. The number of hydrogen-bond donors (Lipinski definition) is 1. The zero-order chi connectivity index (χ0) is 18.6. The van der Waals surface area contributed by atoms with Gasteiger partial charge in [-0.25, -0.2) is 0 Å². The number of carbonyl (C=O) groups excluding carboxylic acids is 1. The summed E-state index contributed by atoms with van der Waals surface area (Å²) in [6.45, 7) is 4.85. The van der Waals surface area contributed by atoms with Gasteiger partial charge in [-0.3, -0.25) is 4.79 Å². The fourth-order valence-corrected chi connectivity index (χ4v) is 2.60. The molecule has 0 fully saturated rings. The predicted molar refractivity (Wildman–Crippen MR) is 106 cm³/mol. The van der Waals surface area contributed by atoms with Gasteiger partial charge >= 0.3 is 0 Å². The topological polar surface area (TPSA) is 47.6 Å². The van der Waals surface area contributed by atoms with Crippen LogP contribution in [0.4, 0.5) is 5.69 Å². The summed E-state index contributed by atoms with van der Waals surface area (Å²) in [6.07, 6.45) is 6.05. The Morgan fingerprint density at radius 1 is 0.923 bits per heavy atom. The zero-order valence-electron chi connectivity index (χ0n) is 15.8. The third-order valence-corrected chi connectivity index (χ3v) is 4.11. The smallest absolute Gasteiger partial charge is 0.262 e. The van der Waals surface area contributed by atoms with E-state index in [0.717, 1.165) is 23.4 Å². The Hall–Kier alpha value is -2.49. The molecule has 4 nitrogen and oxygen atoms in total. The maximum Gasteiger partial charge on any atom is 0.262 e. The van der Waals surface area contributed by atoms with Crippen LogP contribution in [-0.2, 0) is 4.79 Å². The van der Waals surface area contributed by atoms with E-state index in [2.05, 4.69) is 12.2 Å². The lowest BCUT2D eigenvalue weighted by Gasteiger charge is -2.11. The van der Waals surface area contributed by atoms with E-state index in [-0.39, 0.29) is 12.5 Å². The van der Waals surface area contributed by atoms with Crippen LogP contribution in [0.25, 0.3) is 0 Å². The van der Waals surface area contributed by atoms with Gasteiger partial charge in [0.1, 0.15) is 11.5 Å². The fourth-order valence-electron chi connectivity index (χ4n) is 2.60. The summed E-state index contributed by atoms with van der Waals surface area (Å²) in [7, 11) is 0. The van der Waals surface area contributed by atoms with Crippen molar-refractivity contribution in [3.63, 3.8) is 0 Å². The van der Waals surface area contributed by atoms with Crippen molar-refractivity contribution in [3.8, 4) is 11.5 Å². The Labute approximate surface area is 156 Å². The Balaban J connectivity index is 1.74. The first-order valence-corrected chi connectivity index (χ1v) is 9.40. The summed E-state index contributed by atoms with van der Waals surface area (Å²) in [5, 5.41) is 2.86. The molecular formula is C22H29NO3. The second-order valence-corrected chi connectivity index (χ2v) is 6.39. The summed E-state index contributed by atoms with van der Waals surface area (Å²) in [5.41, 5.74) is 1.83. The van der Waals surface area contributed by atoms with Crippen LogP contribution in [0, 0.1) is 6.92 Å². The predicted octanol–water partition coefficient (Wildman–Crippen LogP) is 5.36. The van der Waals surface area contributed by atoms with E-state index in [4.69, 9.17) is 9.47 Å². The van der Waals surface area contributed by atoms with E-state index in [1.807, 2.05) is 55.5 Å². The van der Waals surface area contributed by atoms with Gasteiger partial charge in [0.05, 0.1) is 6.61 Å². The van der Waals surface area contributed by atoms with Crippen molar-refractivity contribution in [2.45, 2.75) is 46.0 Å². The molecule has 140 valence electrons. The van der Waals surface area contributed by atoms with E-state index in [0.29, 0.717) is 12.4 Å². The van der Waals surface area contributed by atoms with E-state index in [9.17, 15) is 4.79 Å². The first-order valence-electron chi connectivity index (χ1n) is 9.40. The number of benzene rings is 2. The maximum atomic E-state index is 12.1. The van der Waals surface area contributed by atoms with Crippen molar-refractivity contribution in [2.75, 3.05) is 18.5 Å². The van der Waals surface area contributed by atoms with E-state index >= 15 is 0 Å². The molecule has 1 amide bonds. The number of carbonyl (C=O) groups is 1. The lowest BCUT2D eigenvalue weighted by Crippen LogP contribution is -2.20. The van der Waals surface area contributed by atoms with Crippen molar-refractivity contribution in [1.29, 1.82) is 0 Å². The van der Waals surface area contributed by atoms with Crippen molar-refractivity contribution >= 4 is 11.6 Å². The van der Waals surface area contributed by atoms with E-state index < -0.39 is 0 Å². The molecule has 2 aromatic rings. The number of rotatable bonds is 11. The van der Waals surface area contributed by atoms with Gasteiger partial charge in [0.25, 0.3) is 5.91 Å². The highest BCUT2D eigenvalue weighted by molar-refractivity contribution is 5.92. The molecule has 0 heterocycles. The third kappa shape index (κ3) is 7.18. The molecule has 0 saturated carbocycles. The van der Waals surface area contributed by atoms with Gasteiger partial charge in [-0.1, -0.05) is 56.9 Å². The molecule has 0 aliphatic rings. The molecule has 0 unspecified atom stereocenters. The van der Waals surface area contributed by atoms with Crippen LogP contribution >= 0.6 is 0 Å². The second-order valence-electron chi connectivity index (χ2n) is 6.39. The number of ether oxygens (including phenoxy) is 2. The number of hydrogen-bond acceptors (Lipinski definition) is 3. The van der Waals surface area contributed by atoms with Crippen LogP contribution in [-0.4, -0.2) is 19.1 Å². The molecule has 0 bridgehead atoms. The van der Waals surface area contributed by atoms with Crippen LogP contribution in [0.15, 0.2) is 48.5 Å². The summed E-state index contributed by atoms with van der Waals surface area (Å²) >= 11 is 0. The molecule has 26 heavy (non-hydrogen) atoms. The Bertz CT molecular complexity index is 685. The standard InChI is InChI=1S/C22H29NO3/c1-3-4-5-6-9-15-25-19-12-10-13-20(16-19)26-17-22(24)23-21-14-8-7-11-18(21)2/h7-8,10-14,16H,3-6,9,15,17H2,1-2H3,(H,23,24). The quantitative estimate of drug-likeness (QED) is 0.552. The van der Waals surface area contributed by atoms with Crippen LogP contribution in [0.1, 0.15) is 44.6 Å². The SMILES string of the molecule is CCCCCCCOc1cccc(OCC(=O)Nc2ccccc2C)c1. The minimum atomic E-state index is -0.179. The second kappa shape index (κ2) is 11.2. The monoisotopic (exact) mass is 355 g/mol. The van der Waals surface area contributed by atoms with Gasteiger partial charge in [-0.2, -0.15) is 0 Å². The highest BCUT2D eigenvalue weighted by atomic mass is 16.5. The number of unbranched alkanes of at least 4 members (excludes halogenated alkanes) is 4. The first kappa shape index (κ1) is 19.8. The molecule has 0 aliphatic heterocycles. The fraction of sp³-hybridized carbons (Fsp3) is 0.409. The van der Waals surface area contributed by atoms with Gasteiger partial charge < -0.3 is 14.8 Å². The minimum Gasteiger partial charge on any atom is -0.493 e. The zero-order valence-corrected chi connectivity index (χ0v) is 15.8. The summed E-state index contributed by atoms with van der Waals surface area (Å²) in [5.74, 6) is 1.23. The first-order chi connectivity index (χ1) is 12.7. The summed E-state index contributed by atoms with van der Waals surface area (Å²) < 4.78 is 11.4. The molecule has 0 spiro atoms. The summed E-state index contributed by atoms with van der Waals surface area (Å²) in [6, 6.07) is 15.1. The van der Waals surface area contributed by atoms with Crippen LogP contribution in [0.5, 0.6) is 11.5 Å². The van der Waals surface area contributed by atoms with Crippen LogP contribution in [0.3, 0.4) is 0 Å². The lowest BCUT2D eigenvalue weighted by atomic mass is 10.2. The number of amides is 1. The molecule has 2 aromatic carbocycles. The Morgan fingerprint density at radius 2 is 1.65 bits per heavy atom. The largest absolute Gasteiger partial charge is 0.493 e. The van der Waals surface area contributed by atoms with Crippen molar-refractivity contribution in [3.05, 3.63) is 54.1 Å². The number of para-hydroxylation sites is 1. The Kier molecular flexibility index (Phi) is 8.53.